The van der Waals surface area contributed by atoms with Gasteiger partial charge < -0.3 is 4.55 Å². The summed E-state index contributed by atoms with van der Waals surface area (Å²) in [5, 5.41) is 0. The first kappa shape index (κ1) is 11.8. The Bertz CT molecular complexity index is 614. The molecule has 0 aliphatic rings. The summed E-state index contributed by atoms with van der Waals surface area (Å²) in [6, 6.07) is 11.7. The fourth-order valence-corrected chi connectivity index (χ4v) is 2.09. The van der Waals surface area contributed by atoms with E-state index in [1.165, 1.54) is 12.1 Å². The van der Waals surface area contributed by atoms with Gasteiger partial charge in [0.15, 0.2) is 18.9 Å². The van der Waals surface area contributed by atoms with Gasteiger partial charge in [-0.25, -0.2) is 13.0 Å². The molecule has 17 heavy (non-hydrogen) atoms. The summed E-state index contributed by atoms with van der Waals surface area (Å²) in [5.74, 6) is 0. The Balaban J connectivity index is 0.00000162. The van der Waals surface area contributed by atoms with Crippen molar-refractivity contribution >= 4 is 10.1 Å². The molecular formula is C12H12NO3S+. The normalized spacial score (nSPS) is 11.4. The summed E-state index contributed by atoms with van der Waals surface area (Å²) in [4.78, 5) is -0.188. The number of nitrogens with zero attached hydrogens (tertiary/aromatic N) is 1. The second kappa shape index (κ2) is 4.65. The van der Waals surface area contributed by atoms with E-state index in [2.05, 4.69) is 0 Å². The SMILES string of the molecule is O=S(=O)([O-])c1cccc(C[n+]2ccccc2)c1.[H+]. The largest absolute Gasteiger partial charge is 1.00 e. The lowest BCUT2D eigenvalue weighted by atomic mass is 10.2. The number of benzene rings is 1. The van der Waals surface area contributed by atoms with Crippen molar-refractivity contribution in [2.45, 2.75) is 11.4 Å². The van der Waals surface area contributed by atoms with Gasteiger partial charge in [-0.1, -0.05) is 18.2 Å². The van der Waals surface area contributed by atoms with Crippen molar-refractivity contribution in [1.82, 2.24) is 0 Å². The minimum Gasteiger partial charge on any atom is -0.744 e. The van der Waals surface area contributed by atoms with E-state index in [9.17, 15) is 13.0 Å². The van der Waals surface area contributed by atoms with Gasteiger partial charge in [0.2, 0.25) is 0 Å². The third-order valence-corrected chi connectivity index (χ3v) is 3.16. The summed E-state index contributed by atoms with van der Waals surface area (Å²) in [6.07, 6.45) is 3.75. The van der Waals surface area contributed by atoms with Crippen LogP contribution in [-0.2, 0) is 16.7 Å². The lowest BCUT2D eigenvalue weighted by Crippen LogP contribution is -2.32. The van der Waals surface area contributed by atoms with Crippen molar-refractivity contribution in [2.75, 3.05) is 0 Å². The van der Waals surface area contributed by atoms with Crippen LogP contribution in [-0.4, -0.2) is 13.0 Å². The molecule has 0 fully saturated rings. The van der Waals surface area contributed by atoms with Gasteiger partial charge in [-0.3, -0.25) is 0 Å². The van der Waals surface area contributed by atoms with Crippen molar-refractivity contribution < 1.29 is 19.0 Å². The third-order valence-electron chi connectivity index (χ3n) is 2.33. The average molecular weight is 250 g/mol. The van der Waals surface area contributed by atoms with Gasteiger partial charge >= 0.3 is 1.43 Å². The molecule has 1 heterocycles. The number of aromatic nitrogens is 1. The zero-order valence-corrected chi connectivity index (χ0v) is 9.80. The minimum atomic E-state index is -4.38. The summed E-state index contributed by atoms with van der Waals surface area (Å²) in [5.41, 5.74) is 0.776. The minimum absolute atomic E-state index is 0. The van der Waals surface area contributed by atoms with Crippen LogP contribution in [0.25, 0.3) is 0 Å². The van der Waals surface area contributed by atoms with E-state index in [1.807, 2.05) is 35.2 Å². The van der Waals surface area contributed by atoms with Crippen LogP contribution in [0, 0.1) is 0 Å². The molecule has 0 aliphatic carbocycles. The van der Waals surface area contributed by atoms with Crippen molar-refractivity contribution in [3.63, 3.8) is 0 Å². The molecule has 5 heteroatoms. The van der Waals surface area contributed by atoms with E-state index in [0.29, 0.717) is 6.54 Å². The highest BCUT2D eigenvalue weighted by molar-refractivity contribution is 7.85. The van der Waals surface area contributed by atoms with Crippen LogP contribution in [0.1, 0.15) is 6.99 Å². The Morgan fingerprint density at radius 3 is 2.47 bits per heavy atom. The summed E-state index contributed by atoms with van der Waals surface area (Å²) < 4.78 is 34.5. The number of hydrogen-bond acceptors (Lipinski definition) is 3. The van der Waals surface area contributed by atoms with Gasteiger partial charge in [-0.2, -0.15) is 0 Å². The Labute approximate surface area is 101 Å². The van der Waals surface area contributed by atoms with Gasteiger partial charge in [0.25, 0.3) is 0 Å². The van der Waals surface area contributed by atoms with Gasteiger partial charge in [-0.15, -0.1) is 0 Å². The Kier molecular flexibility index (Phi) is 3.21. The van der Waals surface area contributed by atoms with Crippen LogP contribution in [0.15, 0.2) is 59.8 Å². The molecule has 0 N–H and O–H groups in total. The quantitative estimate of drug-likeness (QED) is 0.604. The average Bonchev–Trinajstić information content (AvgIpc) is 2.29. The molecule has 88 valence electrons. The van der Waals surface area contributed by atoms with Crippen LogP contribution in [0.2, 0.25) is 0 Å². The molecule has 0 saturated heterocycles. The van der Waals surface area contributed by atoms with E-state index < -0.39 is 10.1 Å². The molecular weight excluding hydrogens is 238 g/mol. The smallest absolute Gasteiger partial charge is 0.744 e. The van der Waals surface area contributed by atoms with E-state index in [0.717, 1.165) is 5.56 Å². The van der Waals surface area contributed by atoms with Crippen LogP contribution in [0.4, 0.5) is 0 Å². The van der Waals surface area contributed by atoms with Crippen LogP contribution < -0.4 is 4.57 Å². The molecule has 0 amide bonds. The molecule has 2 aromatic rings. The maximum Gasteiger partial charge on any atom is 1.00 e. The maximum atomic E-state index is 10.9. The Morgan fingerprint density at radius 2 is 1.82 bits per heavy atom. The molecule has 1 aromatic heterocycles. The van der Waals surface area contributed by atoms with Crippen molar-refractivity contribution in [3.8, 4) is 0 Å². The second-order valence-corrected chi connectivity index (χ2v) is 5.03. The zero-order chi connectivity index (χ0) is 12.3. The molecule has 0 atom stereocenters. The molecule has 0 spiro atoms. The topological polar surface area (TPSA) is 61.1 Å². The fourth-order valence-electron chi connectivity index (χ4n) is 1.55. The zero-order valence-electron chi connectivity index (χ0n) is 9.98. The Morgan fingerprint density at radius 1 is 1.12 bits per heavy atom. The van der Waals surface area contributed by atoms with Crippen LogP contribution in [0.5, 0.6) is 0 Å². The summed E-state index contributed by atoms with van der Waals surface area (Å²) in [7, 11) is -4.38. The predicted molar refractivity (Wildman–Crippen MR) is 61.3 cm³/mol. The molecule has 0 bridgehead atoms. The van der Waals surface area contributed by atoms with E-state index >= 15 is 0 Å². The summed E-state index contributed by atoms with van der Waals surface area (Å²) >= 11 is 0. The lowest BCUT2D eigenvalue weighted by molar-refractivity contribution is -0.688. The third kappa shape index (κ3) is 3.12. The first-order valence-corrected chi connectivity index (χ1v) is 6.45. The molecule has 2 rings (SSSR count). The first-order chi connectivity index (χ1) is 8.05. The molecule has 0 radical (unpaired) electrons. The van der Waals surface area contributed by atoms with Gasteiger partial charge in [0, 0.05) is 17.7 Å². The monoisotopic (exact) mass is 250 g/mol. The fraction of sp³-hybridized carbons (Fsp3) is 0.0833. The van der Waals surface area contributed by atoms with Crippen molar-refractivity contribution in [2.24, 2.45) is 0 Å². The van der Waals surface area contributed by atoms with Crippen molar-refractivity contribution in [1.29, 1.82) is 0 Å². The predicted octanol–water partition coefficient (Wildman–Crippen LogP) is 1.04. The maximum absolute atomic E-state index is 10.9. The van der Waals surface area contributed by atoms with Crippen molar-refractivity contribution in [3.05, 3.63) is 60.4 Å². The molecule has 0 unspecified atom stereocenters. The number of pyridine rings is 1. The standard InChI is InChI=1S/C12H11NO3S/c14-17(15,16)12-6-4-5-11(9-12)10-13-7-2-1-3-8-13/h1-9H,10H2/p+1. The number of hydrogen-bond donors (Lipinski definition) is 0. The lowest BCUT2D eigenvalue weighted by Gasteiger charge is -2.07. The molecule has 1 aromatic carbocycles. The summed E-state index contributed by atoms with van der Waals surface area (Å²) in [6.45, 7) is 0.532. The molecule has 4 nitrogen and oxygen atoms in total. The second-order valence-electron chi connectivity index (χ2n) is 3.65. The van der Waals surface area contributed by atoms with Crippen LogP contribution >= 0.6 is 0 Å². The van der Waals surface area contributed by atoms with E-state index in [4.69, 9.17) is 0 Å². The Hall–Kier alpha value is -1.72. The first-order valence-electron chi connectivity index (χ1n) is 5.05. The number of rotatable bonds is 3. The van der Waals surface area contributed by atoms with E-state index in [1.54, 1.807) is 12.1 Å². The van der Waals surface area contributed by atoms with Crippen LogP contribution in [0.3, 0.4) is 0 Å². The highest BCUT2D eigenvalue weighted by Crippen LogP contribution is 2.10. The highest BCUT2D eigenvalue weighted by Gasteiger charge is 2.05. The van der Waals surface area contributed by atoms with E-state index in [-0.39, 0.29) is 6.32 Å². The molecule has 0 saturated carbocycles. The van der Waals surface area contributed by atoms with Gasteiger partial charge in [0.1, 0.15) is 10.1 Å². The van der Waals surface area contributed by atoms with Gasteiger partial charge in [0.05, 0.1) is 4.90 Å². The molecule has 0 aliphatic heterocycles. The van der Waals surface area contributed by atoms with Gasteiger partial charge in [-0.05, 0) is 12.1 Å². The highest BCUT2D eigenvalue weighted by atomic mass is 32.2.